The molecule has 116 valence electrons. The first kappa shape index (κ1) is 15.1. The van der Waals surface area contributed by atoms with Gasteiger partial charge in [-0.1, -0.05) is 30.3 Å². The fourth-order valence-corrected chi connectivity index (χ4v) is 2.84. The Balaban J connectivity index is 1.49. The van der Waals surface area contributed by atoms with Crippen LogP contribution in [0.15, 0.2) is 42.7 Å². The van der Waals surface area contributed by atoms with Crippen LogP contribution in [0.25, 0.3) is 0 Å². The fourth-order valence-electron chi connectivity index (χ4n) is 2.67. The third-order valence-electron chi connectivity index (χ3n) is 3.94. The van der Waals surface area contributed by atoms with Crippen LogP contribution in [0, 0.1) is 0 Å². The average Bonchev–Trinajstić information content (AvgIpc) is 2.94. The third-order valence-corrected chi connectivity index (χ3v) is 4.26. The zero-order valence-corrected chi connectivity index (χ0v) is 13.1. The molecule has 0 saturated carbocycles. The van der Waals surface area contributed by atoms with Gasteiger partial charge in [0.25, 0.3) is 0 Å². The molecule has 1 saturated heterocycles. The van der Waals surface area contributed by atoms with Crippen molar-refractivity contribution in [2.24, 2.45) is 0 Å². The summed E-state index contributed by atoms with van der Waals surface area (Å²) in [6.07, 6.45) is 3.33. The van der Waals surface area contributed by atoms with Crippen molar-refractivity contribution in [1.82, 2.24) is 19.4 Å². The van der Waals surface area contributed by atoms with Gasteiger partial charge in [-0.15, -0.1) is 0 Å². The molecule has 3 rings (SSSR count). The lowest BCUT2D eigenvalue weighted by Gasteiger charge is -2.34. The average molecular weight is 319 g/mol. The van der Waals surface area contributed by atoms with E-state index in [0.29, 0.717) is 5.28 Å². The summed E-state index contributed by atoms with van der Waals surface area (Å²) in [5, 5.41) is 0.357. The summed E-state index contributed by atoms with van der Waals surface area (Å²) in [7, 11) is 0. The third kappa shape index (κ3) is 3.67. The molecule has 1 fully saturated rings. The van der Waals surface area contributed by atoms with E-state index >= 15 is 0 Å². The van der Waals surface area contributed by atoms with E-state index in [1.165, 1.54) is 5.56 Å². The van der Waals surface area contributed by atoms with Crippen LogP contribution in [0.3, 0.4) is 0 Å². The van der Waals surface area contributed by atoms with Gasteiger partial charge in [0.2, 0.25) is 11.2 Å². The van der Waals surface area contributed by atoms with E-state index in [4.69, 9.17) is 11.6 Å². The Morgan fingerprint density at radius 1 is 1.14 bits per heavy atom. The lowest BCUT2D eigenvalue weighted by molar-refractivity contribution is -0.133. The largest absolute Gasteiger partial charge is 0.339 e. The zero-order valence-electron chi connectivity index (χ0n) is 12.4. The molecule has 5 nitrogen and oxygen atoms in total. The van der Waals surface area contributed by atoms with Gasteiger partial charge in [0.1, 0.15) is 6.54 Å². The second kappa shape index (κ2) is 6.94. The maximum absolute atomic E-state index is 12.3. The quantitative estimate of drug-likeness (QED) is 0.864. The molecule has 0 atom stereocenters. The normalized spacial score (nSPS) is 16.0. The number of nitrogens with zero attached hydrogens (tertiary/aromatic N) is 4. The van der Waals surface area contributed by atoms with Crippen LogP contribution in [0.1, 0.15) is 5.56 Å². The molecule has 2 aromatic rings. The summed E-state index contributed by atoms with van der Waals surface area (Å²) in [6, 6.07) is 10.4. The van der Waals surface area contributed by atoms with Gasteiger partial charge in [-0.3, -0.25) is 9.69 Å². The van der Waals surface area contributed by atoms with Gasteiger partial charge < -0.3 is 9.47 Å². The van der Waals surface area contributed by atoms with E-state index in [1.807, 2.05) is 11.0 Å². The number of imidazole rings is 1. The van der Waals surface area contributed by atoms with Gasteiger partial charge in [-0.25, -0.2) is 4.98 Å². The van der Waals surface area contributed by atoms with Crippen molar-refractivity contribution in [3.05, 3.63) is 53.6 Å². The van der Waals surface area contributed by atoms with Crippen molar-refractivity contribution < 1.29 is 4.79 Å². The van der Waals surface area contributed by atoms with Crippen LogP contribution in [-0.4, -0.2) is 51.4 Å². The number of hydrogen-bond donors (Lipinski definition) is 0. The van der Waals surface area contributed by atoms with Crippen molar-refractivity contribution >= 4 is 17.5 Å². The molecule has 0 spiro atoms. The number of benzene rings is 1. The number of aromatic nitrogens is 2. The molecule has 0 unspecified atom stereocenters. The Kier molecular flexibility index (Phi) is 4.75. The van der Waals surface area contributed by atoms with Crippen LogP contribution in [-0.2, 0) is 17.9 Å². The highest BCUT2D eigenvalue weighted by atomic mass is 35.5. The fraction of sp³-hybridized carbons (Fsp3) is 0.375. The molecule has 1 aromatic carbocycles. The maximum Gasteiger partial charge on any atom is 0.242 e. The first-order valence-electron chi connectivity index (χ1n) is 7.43. The lowest BCUT2D eigenvalue weighted by atomic mass is 10.2. The summed E-state index contributed by atoms with van der Waals surface area (Å²) >= 11 is 5.91. The molecule has 0 N–H and O–H groups in total. The molecule has 2 heterocycles. The SMILES string of the molecule is O=C(Cn1ccnc1Cl)N1CCN(Cc2ccccc2)CC1. The van der Waals surface area contributed by atoms with Gasteiger partial charge in [0.15, 0.2) is 0 Å². The van der Waals surface area contributed by atoms with Gasteiger partial charge in [-0.05, 0) is 17.2 Å². The second-order valence-electron chi connectivity index (χ2n) is 5.47. The first-order chi connectivity index (χ1) is 10.7. The summed E-state index contributed by atoms with van der Waals surface area (Å²) in [5.41, 5.74) is 1.31. The number of carbonyl (C=O) groups excluding carboxylic acids is 1. The van der Waals surface area contributed by atoms with Crippen LogP contribution >= 0.6 is 11.6 Å². The highest BCUT2D eigenvalue weighted by Gasteiger charge is 2.21. The van der Waals surface area contributed by atoms with Crippen molar-refractivity contribution in [3.63, 3.8) is 0 Å². The number of amides is 1. The molecule has 1 aromatic heterocycles. The molecule has 1 aliphatic rings. The van der Waals surface area contributed by atoms with Gasteiger partial charge in [0, 0.05) is 45.1 Å². The second-order valence-corrected chi connectivity index (χ2v) is 5.80. The van der Waals surface area contributed by atoms with Crippen LogP contribution in [0.5, 0.6) is 0 Å². The van der Waals surface area contributed by atoms with E-state index in [0.717, 1.165) is 32.7 Å². The topological polar surface area (TPSA) is 41.4 Å². The van der Waals surface area contributed by atoms with Gasteiger partial charge >= 0.3 is 0 Å². The van der Waals surface area contributed by atoms with Crippen LogP contribution < -0.4 is 0 Å². The van der Waals surface area contributed by atoms with Crippen molar-refractivity contribution in [2.75, 3.05) is 26.2 Å². The number of hydrogen-bond acceptors (Lipinski definition) is 3. The Morgan fingerprint density at radius 2 is 1.86 bits per heavy atom. The molecule has 1 aliphatic heterocycles. The molecule has 1 amide bonds. The van der Waals surface area contributed by atoms with Crippen molar-refractivity contribution in [2.45, 2.75) is 13.1 Å². The number of piperazine rings is 1. The van der Waals surface area contributed by atoms with Crippen molar-refractivity contribution in [1.29, 1.82) is 0 Å². The van der Waals surface area contributed by atoms with E-state index in [-0.39, 0.29) is 12.5 Å². The predicted octanol–water partition coefficient (Wildman–Crippen LogP) is 1.88. The van der Waals surface area contributed by atoms with E-state index < -0.39 is 0 Å². The Hall–Kier alpha value is -1.85. The molecular weight excluding hydrogens is 300 g/mol. The van der Waals surface area contributed by atoms with E-state index in [1.54, 1.807) is 17.0 Å². The standard InChI is InChI=1S/C16H19ClN4O/c17-16-18-6-7-21(16)13-15(22)20-10-8-19(9-11-20)12-14-4-2-1-3-5-14/h1-7H,8-13H2. The minimum absolute atomic E-state index is 0.0965. The lowest BCUT2D eigenvalue weighted by Crippen LogP contribution is -2.49. The first-order valence-corrected chi connectivity index (χ1v) is 7.81. The number of halogens is 1. The highest BCUT2D eigenvalue weighted by Crippen LogP contribution is 2.10. The van der Waals surface area contributed by atoms with E-state index in [2.05, 4.69) is 34.1 Å². The summed E-state index contributed by atoms with van der Waals surface area (Å²) in [5.74, 6) is 0.0965. The summed E-state index contributed by atoms with van der Waals surface area (Å²) < 4.78 is 1.67. The minimum Gasteiger partial charge on any atom is -0.339 e. The molecule has 22 heavy (non-hydrogen) atoms. The van der Waals surface area contributed by atoms with Crippen molar-refractivity contribution in [3.8, 4) is 0 Å². The van der Waals surface area contributed by atoms with Gasteiger partial charge in [-0.2, -0.15) is 0 Å². The number of carbonyl (C=O) groups is 1. The summed E-state index contributed by atoms with van der Waals surface area (Å²) in [6.45, 7) is 4.53. The molecule has 0 aliphatic carbocycles. The molecule has 6 heteroatoms. The van der Waals surface area contributed by atoms with Crippen LogP contribution in [0.2, 0.25) is 5.28 Å². The molecule has 0 radical (unpaired) electrons. The molecule has 0 bridgehead atoms. The predicted molar refractivity (Wildman–Crippen MR) is 85.5 cm³/mol. The number of rotatable bonds is 4. The zero-order chi connectivity index (χ0) is 15.4. The van der Waals surface area contributed by atoms with Gasteiger partial charge in [0.05, 0.1) is 0 Å². The maximum atomic E-state index is 12.3. The van der Waals surface area contributed by atoms with Crippen LogP contribution in [0.4, 0.5) is 0 Å². The monoisotopic (exact) mass is 318 g/mol. The highest BCUT2D eigenvalue weighted by molar-refractivity contribution is 6.28. The molecular formula is C16H19ClN4O. The Morgan fingerprint density at radius 3 is 2.50 bits per heavy atom. The Bertz CT molecular complexity index is 620. The Labute approximate surface area is 135 Å². The smallest absolute Gasteiger partial charge is 0.242 e. The summed E-state index contributed by atoms with van der Waals surface area (Å²) in [4.78, 5) is 20.5. The minimum atomic E-state index is 0.0965. The van der Waals surface area contributed by atoms with E-state index in [9.17, 15) is 4.79 Å².